The third kappa shape index (κ3) is 2.78. The summed E-state index contributed by atoms with van der Waals surface area (Å²) in [4.78, 5) is 18.0. The van der Waals surface area contributed by atoms with Gasteiger partial charge in [-0.2, -0.15) is 0 Å². The zero-order valence-corrected chi connectivity index (χ0v) is 12.0. The van der Waals surface area contributed by atoms with E-state index >= 15 is 0 Å². The predicted octanol–water partition coefficient (Wildman–Crippen LogP) is 3.51. The predicted molar refractivity (Wildman–Crippen MR) is 73.1 cm³/mol. The van der Waals surface area contributed by atoms with Gasteiger partial charge in [0.25, 0.3) is 5.91 Å². The Hall–Kier alpha value is -0.800. The molecule has 1 saturated heterocycles. The van der Waals surface area contributed by atoms with Crippen LogP contribution in [-0.4, -0.2) is 28.9 Å². The van der Waals surface area contributed by atoms with Crippen molar-refractivity contribution in [2.24, 2.45) is 11.8 Å². The van der Waals surface area contributed by atoms with Crippen LogP contribution < -0.4 is 0 Å². The van der Waals surface area contributed by atoms with Crippen molar-refractivity contribution in [3.05, 3.63) is 28.0 Å². The molecule has 0 aliphatic carbocycles. The van der Waals surface area contributed by atoms with Crippen LogP contribution in [0.5, 0.6) is 0 Å². The van der Waals surface area contributed by atoms with Crippen molar-refractivity contribution in [3.63, 3.8) is 0 Å². The minimum Gasteiger partial charge on any atom is -0.338 e. The highest BCUT2D eigenvalue weighted by molar-refractivity contribution is 6.35. The fourth-order valence-electron chi connectivity index (χ4n) is 2.26. The molecule has 5 heteroatoms. The number of halogens is 2. The van der Waals surface area contributed by atoms with Gasteiger partial charge in [0.1, 0.15) is 5.15 Å². The molecule has 0 bridgehead atoms. The van der Waals surface area contributed by atoms with E-state index in [-0.39, 0.29) is 5.91 Å². The first-order chi connectivity index (χ1) is 8.49. The van der Waals surface area contributed by atoms with Gasteiger partial charge in [-0.1, -0.05) is 37.0 Å². The first kappa shape index (κ1) is 13.6. The van der Waals surface area contributed by atoms with E-state index in [9.17, 15) is 4.79 Å². The Labute approximate surface area is 117 Å². The highest BCUT2D eigenvalue weighted by Crippen LogP contribution is 2.27. The summed E-state index contributed by atoms with van der Waals surface area (Å²) in [6, 6.07) is 1.54. The average Bonchev–Trinajstić information content (AvgIpc) is 2.81. The number of likely N-dealkylation sites (tertiary alicyclic amines) is 1. The number of rotatable bonds is 2. The van der Waals surface area contributed by atoms with Crippen molar-refractivity contribution in [1.29, 1.82) is 0 Å². The fraction of sp³-hybridized carbons (Fsp3) is 0.538. The van der Waals surface area contributed by atoms with Crippen LogP contribution >= 0.6 is 23.2 Å². The van der Waals surface area contributed by atoms with E-state index in [4.69, 9.17) is 23.2 Å². The lowest BCUT2D eigenvalue weighted by Crippen LogP contribution is -2.29. The van der Waals surface area contributed by atoms with E-state index in [1.165, 1.54) is 12.3 Å². The van der Waals surface area contributed by atoms with Gasteiger partial charge in [0.15, 0.2) is 0 Å². The first-order valence-electron chi connectivity index (χ1n) is 6.09. The summed E-state index contributed by atoms with van der Waals surface area (Å²) < 4.78 is 0. The highest BCUT2D eigenvalue weighted by atomic mass is 35.5. The lowest BCUT2D eigenvalue weighted by Gasteiger charge is -2.18. The first-order valence-corrected chi connectivity index (χ1v) is 6.85. The second-order valence-electron chi connectivity index (χ2n) is 5.03. The Morgan fingerprint density at radius 3 is 2.83 bits per heavy atom. The van der Waals surface area contributed by atoms with Gasteiger partial charge >= 0.3 is 0 Å². The Kier molecular flexibility index (Phi) is 4.13. The molecule has 0 spiro atoms. The molecule has 1 aliphatic rings. The molecule has 1 aliphatic heterocycles. The molecule has 1 unspecified atom stereocenters. The molecular weight excluding hydrogens is 271 g/mol. The molecule has 0 aromatic carbocycles. The fourth-order valence-corrected chi connectivity index (χ4v) is 2.61. The number of pyridine rings is 1. The molecule has 1 amide bonds. The number of hydrogen-bond donors (Lipinski definition) is 0. The molecule has 1 aromatic rings. The average molecular weight is 287 g/mol. The quantitative estimate of drug-likeness (QED) is 0.780. The lowest BCUT2D eigenvalue weighted by atomic mass is 9.95. The molecule has 98 valence electrons. The van der Waals surface area contributed by atoms with Crippen molar-refractivity contribution in [1.82, 2.24) is 9.88 Å². The van der Waals surface area contributed by atoms with Crippen LogP contribution in [0.25, 0.3) is 0 Å². The third-order valence-corrected chi connectivity index (χ3v) is 4.01. The lowest BCUT2D eigenvalue weighted by molar-refractivity contribution is 0.0784. The summed E-state index contributed by atoms with van der Waals surface area (Å²) >= 11 is 11.8. The molecular formula is C13H16Cl2N2O. The molecule has 0 radical (unpaired) electrons. The summed E-state index contributed by atoms with van der Waals surface area (Å²) in [5, 5.41) is 0.653. The van der Waals surface area contributed by atoms with Crippen LogP contribution in [0, 0.1) is 11.8 Å². The van der Waals surface area contributed by atoms with Crippen molar-refractivity contribution in [3.8, 4) is 0 Å². The highest BCUT2D eigenvalue weighted by Gasteiger charge is 2.29. The molecule has 2 rings (SSSR count). The van der Waals surface area contributed by atoms with Crippen molar-refractivity contribution in [2.75, 3.05) is 13.1 Å². The maximum atomic E-state index is 12.3. The summed E-state index contributed by atoms with van der Waals surface area (Å²) in [6.07, 6.45) is 2.48. The van der Waals surface area contributed by atoms with E-state index in [2.05, 4.69) is 18.8 Å². The number of hydrogen-bond acceptors (Lipinski definition) is 2. The van der Waals surface area contributed by atoms with Gasteiger partial charge in [0.05, 0.1) is 10.6 Å². The minimum absolute atomic E-state index is 0.0487. The zero-order valence-electron chi connectivity index (χ0n) is 10.5. The third-order valence-electron chi connectivity index (χ3n) is 3.51. The minimum atomic E-state index is -0.0487. The largest absolute Gasteiger partial charge is 0.338 e. The normalized spacial score (nSPS) is 19.6. The molecule has 18 heavy (non-hydrogen) atoms. The molecule has 0 N–H and O–H groups in total. The van der Waals surface area contributed by atoms with E-state index in [0.29, 0.717) is 27.6 Å². The van der Waals surface area contributed by atoms with E-state index in [1.807, 2.05) is 4.90 Å². The standard InChI is InChI=1S/C13H16Cl2N2O/c1-8(2)9-3-4-17(7-9)13(18)10-5-12(15)16-6-11(10)14/h5-6,8-9H,3-4,7H2,1-2H3. The second-order valence-corrected chi connectivity index (χ2v) is 5.83. The summed E-state index contributed by atoms with van der Waals surface area (Å²) in [5.41, 5.74) is 0.445. The maximum Gasteiger partial charge on any atom is 0.255 e. The number of nitrogens with zero attached hydrogens (tertiary/aromatic N) is 2. The van der Waals surface area contributed by atoms with Crippen LogP contribution in [0.2, 0.25) is 10.2 Å². The van der Waals surface area contributed by atoms with Crippen LogP contribution in [0.4, 0.5) is 0 Å². The van der Waals surface area contributed by atoms with Gasteiger partial charge in [-0.3, -0.25) is 4.79 Å². The maximum absolute atomic E-state index is 12.3. The summed E-state index contributed by atoms with van der Waals surface area (Å²) in [5.74, 6) is 1.12. The molecule has 3 nitrogen and oxygen atoms in total. The monoisotopic (exact) mass is 286 g/mol. The van der Waals surface area contributed by atoms with Gasteiger partial charge in [-0.15, -0.1) is 0 Å². The second kappa shape index (κ2) is 5.45. The van der Waals surface area contributed by atoms with Crippen LogP contribution in [0.3, 0.4) is 0 Å². The number of amides is 1. The van der Waals surface area contributed by atoms with Gasteiger partial charge in [0, 0.05) is 19.3 Å². The molecule has 1 aromatic heterocycles. The Morgan fingerprint density at radius 2 is 2.22 bits per heavy atom. The van der Waals surface area contributed by atoms with Crippen LogP contribution in [0.1, 0.15) is 30.6 Å². The van der Waals surface area contributed by atoms with E-state index < -0.39 is 0 Å². The SMILES string of the molecule is CC(C)C1CCN(C(=O)c2cc(Cl)ncc2Cl)C1. The van der Waals surface area contributed by atoms with Crippen molar-refractivity contribution >= 4 is 29.1 Å². The van der Waals surface area contributed by atoms with Gasteiger partial charge < -0.3 is 4.90 Å². The van der Waals surface area contributed by atoms with Crippen LogP contribution in [0.15, 0.2) is 12.3 Å². The molecule has 2 heterocycles. The van der Waals surface area contributed by atoms with Crippen LogP contribution in [-0.2, 0) is 0 Å². The zero-order chi connectivity index (χ0) is 13.3. The Morgan fingerprint density at radius 1 is 1.50 bits per heavy atom. The van der Waals surface area contributed by atoms with Gasteiger partial charge in [-0.05, 0) is 24.3 Å². The van der Waals surface area contributed by atoms with E-state index in [0.717, 1.165) is 19.5 Å². The number of carbonyl (C=O) groups excluding carboxylic acids is 1. The van der Waals surface area contributed by atoms with E-state index in [1.54, 1.807) is 0 Å². The Bertz CT molecular complexity index is 462. The van der Waals surface area contributed by atoms with Gasteiger partial charge in [0.2, 0.25) is 0 Å². The van der Waals surface area contributed by atoms with Crippen molar-refractivity contribution < 1.29 is 4.79 Å². The number of carbonyl (C=O) groups is 1. The van der Waals surface area contributed by atoms with Crippen molar-refractivity contribution in [2.45, 2.75) is 20.3 Å². The topological polar surface area (TPSA) is 33.2 Å². The summed E-state index contributed by atoms with van der Waals surface area (Å²) in [6.45, 7) is 5.97. The molecule has 1 fully saturated rings. The molecule has 1 atom stereocenters. The molecule has 0 saturated carbocycles. The smallest absolute Gasteiger partial charge is 0.255 e. The Balaban J connectivity index is 2.15. The summed E-state index contributed by atoms with van der Waals surface area (Å²) in [7, 11) is 0. The van der Waals surface area contributed by atoms with Gasteiger partial charge in [-0.25, -0.2) is 4.98 Å². The number of aromatic nitrogens is 1.